The first kappa shape index (κ1) is 18.0. The second-order valence-corrected chi connectivity index (χ2v) is 7.07. The van der Waals surface area contributed by atoms with Crippen LogP contribution in [0.5, 0.6) is 0 Å². The van der Waals surface area contributed by atoms with Gasteiger partial charge in [-0.3, -0.25) is 4.79 Å². The molecule has 2 rings (SSSR count). The standard InChI is InChI=1S/C17H15ClN2O3S/c1-2-9-20-24(22,23)16-8-4-6-14(11-16)17(21)19-12-13-5-3-7-15(18)10-13/h1,3-8,10-11,20H,9,12H2,(H,19,21). The summed E-state index contributed by atoms with van der Waals surface area (Å²) < 4.78 is 26.3. The highest BCUT2D eigenvalue weighted by Gasteiger charge is 2.15. The van der Waals surface area contributed by atoms with Crippen molar-refractivity contribution in [1.82, 2.24) is 10.0 Å². The molecule has 0 radical (unpaired) electrons. The fraction of sp³-hybridized carbons (Fsp3) is 0.118. The van der Waals surface area contributed by atoms with Gasteiger partial charge in [0.15, 0.2) is 0 Å². The quantitative estimate of drug-likeness (QED) is 0.773. The molecule has 0 aliphatic heterocycles. The van der Waals surface area contributed by atoms with E-state index >= 15 is 0 Å². The van der Waals surface area contributed by atoms with Gasteiger partial charge in [-0.1, -0.05) is 35.7 Å². The Kier molecular flexibility index (Phi) is 5.99. The molecule has 24 heavy (non-hydrogen) atoms. The highest BCUT2D eigenvalue weighted by Crippen LogP contribution is 2.13. The highest BCUT2D eigenvalue weighted by molar-refractivity contribution is 7.89. The van der Waals surface area contributed by atoms with Crippen LogP contribution in [0.2, 0.25) is 5.02 Å². The summed E-state index contributed by atoms with van der Waals surface area (Å²) >= 11 is 5.89. The Morgan fingerprint density at radius 1 is 1.17 bits per heavy atom. The number of benzene rings is 2. The molecule has 0 aliphatic carbocycles. The smallest absolute Gasteiger partial charge is 0.251 e. The summed E-state index contributed by atoms with van der Waals surface area (Å²) in [5.74, 6) is 1.81. The van der Waals surface area contributed by atoms with Gasteiger partial charge in [0, 0.05) is 17.1 Å². The van der Waals surface area contributed by atoms with Gasteiger partial charge in [0.2, 0.25) is 10.0 Å². The minimum absolute atomic E-state index is 0.0202. The molecule has 124 valence electrons. The Hall–Kier alpha value is -2.33. The Morgan fingerprint density at radius 2 is 1.92 bits per heavy atom. The first-order chi connectivity index (χ1) is 11.4. The van der Waals surface area contributed by atoms with Crippen molar-refractivity contribution in [3.05, 3.63) is 64.7 Å². The van der Waals surface area contributed by atoms with Crippen LogP contribution < -0.4 is 10.0 Å². The third-order valence-corrected chi connectivity index (χ3v) is 4.75. The maximum atomic E-state index is 12.2. The van der Waals surface area contributed by atoms with E-state index in [2.05, 4.69) is 16.0 Å². The van der Waals surface area contributed by atoms with Crippen LogP contribution in [-0.4, -0.2) is 20.9 Å². The SMILES string of the molecule is C#CCNS(=O)(=O)c1cccc(C(=O)NCc2cccc(Cl)c2)c1. The topological polar surface area (TPSA) is 75.3 Å². The van der Waals surface area contributed by atoms with Gasteiger partial charge in [-0.25, -0.2) is 8.42 Å². The average Bonchev–Trinajstić information content (AvgIpc) is 2.58. The van der Waals surface area contributed by atoms with E-state index in [-0.39, 0.29) is 29.5 Å². The number of hydrogen-bond acceptors (Lipinski definition) is 3. The maximum Gasteiger partial charge on any atom is 0.251 e. The van der Waals surface area contributed by atoms with E-state index in [0.717, 1.165) is 5.56 Å². The summed E-state index contributed by atoms with van der Waals surface area (Å²) in [7, 11) is -3.74. The third-order valence-electron chi connectivity index (χ3n) is 3.11. The fourth-order valence-electron chi connectivity index (χ4n) is 1.96. The summed E-state index contributed by atoms with van der Waals surface area (Å²) in [6.45, 7) is 0.166. The van der Waals surface area contributed by atoms with Crippen molar-refractivity contribution in [2.24, 2.45) is 0 Å². The Bertz CT molecular complexity index is 889. The van der Waals surface area contributed by atoms with E-state index in [1.54, 1.807) is 18.2 Å². The molecule has 0 aromatic heterocycles. The van der Waals surface area contributed by atoms with Gasteiger partial charge < -0.3 is 5.32 Å². The Balaban J connectivity index is 2.10. The van der Waals surface area contributed by atoms with Crippen LogP contribution in [-0.2, 0) is 16.6 Å². The van der Waals surface area contributed by atoms with Crippen molar-refractivity contribution in [3.63, 3.8) is 0 Å². The lowest BCUT2D eigenvalue weighted by Gasteiger charge is -2.08. The van der Waals surface area contributed by atoms with Gasteiger partial charge in [-0.15, -0.1) is 6.42 Å². The molecule has 0 heterocycles. The molecule has 0 atom stereocenters. The number of hydrogen-bond donors (Lipinski definition) is 2. The summed E-state index contributed by atoms with van der Waals surface area (Å²) in [4.78, 5) is 12.2. The molecule has 0 aliphatic rings. The molecule has 0 saturated carbocycles. The molecular weight excluding hydrogens is 348 g/mol. The van der Waals surface area contributed by atoms with Crippen LogP contribution >= 0.6 is 11.6 Å². The molecular formula is C17H15ClN2O3S. The van der Waals surface area contributed by atoms with Crippen molar-refractivity contribution in [3.8, 4) is 12.3 Å². The van der Waals surface area contributed by atoms with Crippen molar-refractivity contribution in [2.75, 3.05) is 6.54 Å². The zero-order valence-electron chi connectivity index (χ0n) is 12.6. The van der Waals surface area contributed by atoms with Crippen LogP contribution in [0, 0.1) is 12.3 Å². The highest BCUT2D eigenvalue weighted by atomic mass is 35.5. The second-order valence-electron chi connectivity index (χ2n) is 4.87. The summed E-state index contributed by atoms with van der Waals surface area (Å²) in [5.41, 5.74) is 1.08. The first-order valence-electron chi connectivity index (χ1n) is 6.98. The van der Waals surface area contributed by atoms with Crippen LogP contribution in [0.3, 0.4) is 0 Å². The van der Waals surface area contributed by atoms with Crippen molar-refractivity contribution < 1.29 is 13.2 Å². The monoisotopic (exact) mass is 362 g/mol. The van der Waals surface area contributed by atoms with Gasteiger partial charge in [0.1, 0.15) is 0 Å². The number of carbonyl (C=O) groups excluding carboxylic acids is 1. The minimum atomic E-state index is -3.74. The van der Waals surface area contributed by atoms with E-state index in [0.29, 0.717) is 5.02 Å². The van der Waals surface area contributed by atoms with Crippen LogP contribution in [0.1, 0.15) is 15.9 Å². The maximum absolute atomic E-state index is 12.2. The van der Waals surface area contributed by atoms with E-state index < -0.39 is 10.0 Å². The Morgan fingerprint density at radius 3 is 2.62 bits per heavy atom. The molecule has 1 amide bonds. The average molecular weight is 363 g/mol. The molecule has 0 unspecified atom stereocenters. The van der Waals surface area contributed by atoms with Crippen molar-refractivity contribution in [2.45, 2.75) is 11.4 Å². The molecule has 0 fully saturated rings. The summed E-state index contributed by atoms with van der Waals surface area (Å²) in [5, 5.41) is 3.30. The first-order valence-corrected chi connectivity index (χ1v) is 8.84. The van der Waals surface area contributed by atoms with Crippen molar-refractivity contribution >= 4 is 27.5 Å². The normalized spacial score (nSPS) is 10.8. The minimum Gasteiger partial charge on any atom is -0.348 e. The van der Waals surface area contributed by atoms with Gasteiger partial charge in [0.05, 0.1) is 11.4 Å². The van der Waals surface area contributed by atoms with Crippen LogP contribution in [0.15, 0.2) is 53.4 Å². The van der Waals surface area contributed by atoms with E-state index in [4.69, 9.17) is 18.0 Å². The van der Waals surface area contributed by atoms with Crippen LogP contribution in [0.25, 0.3) is 0 Å². The second kappa shape index (κ2) is 7.97. The van der Waals surface area contributed by atoms with E-state index in [9.17, 15) is 13.2 Å². The van der Waals surface area contributed by atoms with Gasteiger partial charge in [-0.2, -0.15) is 4.72 Å². The zero-order chi connectivity index (χ0) is 17.6. The number of halogens is 1. The number of sulfonamides is 1. The zero-order valence-corrected chi connectivity index (χ0v) is 14.2. The number of rotatable bonds is 6. The van der Waals surface area contributed by atoms with Crippen LogP contribution in [0.4, 0.5) is 0 Å². The number of nitrogens with one attached hydrogen (secondary N) is 2. The molecule has 5 nitrogen and oxygen atoms in total. The van der Waals surface area contributed by atoms with E-state index in [1.165, 1.54) is 24.3 Å². The molecule has 7 heteroatoms. The lowest BCUT2D eigenvalue weighted by molar-refractivity contribution is 0.0950. The fourth-order valence-corrected chi connectivity index (χ4v) is 3.15. The van der Waals surface area contributed by atoms with Crippen molar-refractivity contribution in [1.29, 1.82) is 0 Å². The van der Waals surface area contributed by atoms with E-state index in [1.807, 2.05) is 6.07 Å². The molecule has 0 spiro atoms. The largest absolute Gasteiger partial charge is 0.348 e. The summed E-state index contributed by atoms with van der Waals surface area (Å²) in [6.07, 6.45) is 5.05. The molecule has 2 N–H and O–H groups in total. The van der Waals surface area contributed by atoms with Gasteiger partial charge in [-0.05, 0) is 35.9 Å². The third kappa shape index (κ3) is 4.83. The summed E-state index contributed by atoms with van der Waals surface area (Å²) in [6, 6.07) is 12.8. The number of amides is 1. The predicted molar refractivity (Wildman–Crippen MR) is 93.1 cm³/mol. The lowest BCUT2D eigenvalue weighted by atomic mass is 10.2. The molecule has 2 aromatic carbocycles. The number of terminal acetylenes is 1. The van der Waals surface area contributed by atoms with Gasteiger partial charge in [0.25, 0.3) is 5.91 Å². The molecule has 2 aromatic rings. The molecule has 0 bridgehead atoms. The lowest BCUT2D eigenvalue weighted by Crippen LogP contribution is -2.25. The Labute approximate surface area is 146 Å². The van der Waals surface area contributed by atoms with Gasteiger partial charge >= 0.3 is 0 Å². The molecule has 0 saturated heterocycles. The predicted octanol–water partition coefficient (Wildman–Crippen LogP) is 2.18. The number of carbonyl (C=O) groups is 1.